The number of carbonyl (C=O) groups excluding carboxylic acids is 1. The lowest BCUT2D eigenvalue weighted by atomic mass is 10.2. The lowest BCUT2D eigenvalue weighted by Crippen LogP contribution is -2.48. The molecular formula is C20H22BrClN4O. The molecule has 1 aliphatic heterocycles. The van der Waals surface area contributed by atoms with Crippen LogP contribution in [0.2, 0.25) is 5.02 Å². The van der Waals surface area contributed by atoms with Gasteiger partial charge in [0.2, 0.25) is 0 Å². The van der Waals surface area contributed by atoms with Crippen molar-refractivity contribution in [2.24, 2.45) is 5.10 Å². The quantitative estimate of drug-likeness (QED) is 0.543. The van der Waals surface area contributed by atoms with Gasteiger partial charge in [-0.1, -0.05) is 51.8 Å². The standard InChI is InChI=1S/C20H22BrClN4O/c21-18-5-1-16(2-6-18)13-23-24-20(27)15-26-11-9-25(10-12-26)14-17-3-7-19(22)8-4-17/h1-8,13H,9-12,14-15H2,(H,24,27). The van der Waals surface area contributed by atoms with Gasteiger partial charge in [0.15, 0.2) is 0 Å². The summed E-state index contributed by atoms with van der Waals surface area (Å²) in [6.45, 7) is 4.91. The first kappa shape index (κ1) is 20.0. The van der Waals surface area contributed by atoms with Gasteiger partial charge in [0.05, 0.1) is 12.8 Å². The summed E-state index contributed by atoms with van der Waals surface area (Å²) < 4.78 is 1.01. The number of hydrazone groups is 1. The Labute approximate surface area is 173 Å². The Morgan fingerprint density at radius 3 is 2.33 bits per heavy atom. The first-order valence-corrected chi connectivity index (χ1v) is 10.0. The minimum absolute atomic E-state index is 0.0884. The van der Waals surface area contributed by atoms with Crippen LogP contribution in [0.1, 0.15) is 11.1 Å². The molecule has 7 heteroatoms. The number of benzene rings is 2. The van der Waals surface area contributed by atoms with Crippen LogP contribution in [-0.2, 0) is 11.3 Å². The van der Waals surface area contributed by atoms with Gasteiger partial charge >= 0.3 is 0 Å². The fourth-order valence-corrected chi connectivity index (χ4v) is 3.31. The van der Waals surface area contributed by atoms with Gasteiger partial charge in [-0.2, -0.15) is 5.10 Å². The second-order valence-electron chi connectivity index (χ2n) is 6.52. The van der Waals surface area contributed by atoms with Gasteiger partial charge in [0.1, 0.15) is 0 Å². The van der Waals surface area contributed by atoms with Crippen molar-refractivity contribution in [3.8, 4) is 0 Å². The van der Waals surface area contributed by atoms with Crippen LogP contribution in [0.4, 0.5) is 0 Å². The summed E-state index contributed by atoms with van der Waals surface area (Å²) >= 11 is 9.32. The lowest BCUT2D eigenvalue weighted by molar-refractivity contribution is -0.122. The fraction of sp³-hybridized carbons (Fsp3) is 0.300. The number of rotatable bonds is 6. The van der Waals surface area contributed by atoms with Crippen LogP contribution in [0.3, 0.4) is 0 Å². The van der Waals surface area contributed by atoms with E-state index in [4.69, 9.17) is 11.6 Å². The SMILES string of the molecule is O=C(CN1CCN(Cc2ccc(Cl)cc2)CC1)NN=Cc1ccc(Br)cc1. The molecule has 5 nitrogen and oxygen atoms in total. The van der Waals surface area contributed by atoms with Crippen LogP contribution < -0.4 is 5.43 Å². The molecule has 0 atom stereocenters. The highest BCUT2D eigenvalue weighted by molar-refractivity contribution is 9.10. The molecular weight excluding hydrogens is 428 g/mol. The van der Waals surface area contributed by atoms with Crippen molar-refractivity contribution in [1.82, 2.24) is 15.2 Å². The van der Waals surface area contributed by atoms with Crippen molar-refractivity contribution >= 4 is 39.7 Å². The van der Waals surface area contributed by atoms with E-state index >= 15 is 0 Å². The molecule has 1 N–H and O–H groups in total. The highest BCUT2D eigenvalue weighted by Crippen LogP contribution is 2.13. The van der Waals surface area contributed by atoms with Crippen molar-refractivity contribution in [2.75, 3.05) is 32.7 Å². The van der Waals surface area contributed by atoms with Gasteiger partial charge in [0.25, 0.3) is 5.91 Å². The zero-order chi connectivity index (χ0) is 19.1. The summed E-state index contributed by atoms with van der Waals surface area (Å²) in [5, 5.41) is 4.79. The molecule has 1 saturated heterocycles. The van der Waals surface area contributed by atoms with Gasteiger partial charge in [0, 0.05) is 42.2 Å². The summed E-state index contributed by atoms with van der Waals surface area (Å²) in [4.78, 5) is 16.6. The van der Waals surface area contributed by atoms with E-state index in [1.807, 2.05) is 36.4 Å². The third-order valence-corrected chi connectivity index (χ3v) is 5.21. The molecule has 0 spiro atoms. The largest absolute Gasteiger partial charge is 0.297 e. The molecule has 0 unspecified atom stereocenters. The third-order valence-electron chi connectivity index (χ3n) is 4.42. The summed E-state index contributed by atoms with van der Waals surface area (Å²) in [5.74, 6) is -0.0884. The summed E-state index contributed by atoms with van der Waals surface area (Å²) in [7, 11) is 0. The Kier molecular flexibility index (Phi) is 7.41. The normalized spacial score (nSPS) is 15.9. The van der Waals surface area contributed by atoms with Crippen LogP contribution >= 0.6 is 27.5 Å². The molecule has 1 amide bonds. The van der Waals surface area contributed by atoms with Crippen LogP contribution in [0.15, 0.2) is 58.1 Å². The van der Waals surface area contributed by atoms with Gasteiger partial charge in [-0.25, -0.2) is 5.43 Å². The van der Waals surface area contributed by atoms with Gasteiger partial charge in [-0.15, -0.1) is 0 Å². The fourth-order valence-electron chi connectivity index (χ4n) is 2.92. The average Bonchev–Trinajstić information content (AvgIpc) is 2.67. The smallest absolute Gasteiger partial charge is 0.254 e. The number of piperazine rings is 1. The number of hydrogen-bond acceptors (Lipinski definition) is 4. The number of nitrogens with one attached hydrogen (secondary N) is 1. The Bertz CT molecular complexity index is 772. The van der Waals surface area contributed by atoms with E-state index in [9.17, 15) is 4.79 Å². The third kappa shape index (κ3) is 6.74. The average molecular weight is 450 g/mol. The van der Waals surface area contributed by atoms with E-state index in [0.717, 1.165) is 47.8 Å². The molecule has 1 aliphatic rings. The van der Waals surface area contributed by atoms with E-state index in [1.165, 1.54) is 5.56 Å². The molecule has 27 heavy (non-hydrogen) atoms. The van der Waals surface area contributed by atoms with Crippen LogP contribution in [0, 0.1) is 0 Å². The van der Waals surface area contributed by atoms with E-state index in [2.05, 4.69) is 48.4 Å². The minimum Gasteiger partial charge on any atom is -0.297 e. The summed E-state index contributed by atoms with van der Waals surface area (Å²) in [6, 6.07) is 15.7. The molecule has 142 valence electrons. The van der Waals surface area contributed by atoms with E-state index < -0.39 is 0 Å². The minimum atomic E-state index is -0.0884. The number of amides is 1. The second-order valence-corrected chi connectivity index (χ2v) is 7.88. The van der Waals surface area contributed by atoms with Crippen molar-refractivity contribution in [2.45, 2.75) is 6.54 Å². The highest BCUT2D eigenvalue weighted by Gasteiger charge is 2.18. The highest BCUT2D eigenvalue weighted by atomic mass is 79.9. The molecule has 2 aromatic carbocycles. The first-order chi connectivity index (χ1) is 13.1. The monoisotopic (exact) mass is 448 g/mol. The zero-order valence-electron chi connectivity index (χ0n) is 14.9. The summed E-state index contributed by atoms with van der Waals surface area (Å²) in [6.07, 6.45) is 1.65. The Morgan fingerprint density at radius 2 is 1.67 bits per heavy atom. The maximum Gasteiger partial charge on any atom is 0.254 e. The Balaban J connectivity index is 1.37. The van der Waals surface area contributed by atoms with E-state index in [-0.39, 0.29) is 5.91 Å². The number of hydrogen-bond donors (Lipinski definition) is 1. The molecule has 3 rings (SSSR count). The molecule has 0 aliphatic carbocycles. The number of carbonyl (C=O) groups is 1. The van der Waals surface area contributed by atoms with Crippen molar-refractivity contribution in [1.29, 1.82) is 0 Å². The van der Waals surface area contributed by atoms with Crippen LogP contribution in [0.5, 0.6) is 0 Å². The van der Waals surface area contributed by atoms with Crippen molar-refractivity contribution < 1.29 is 4.79 Å². The van der Waals surface area contributed by atoms with Gasteiger partial charge < -0.3 is 0 Å². The Hall–Kier alpha value is -1.73. The predicted molar refractivity (Wildman–Crippen MR) is 113 cm³/mol. The molecule has 1 heterocycles. The molecule has 0 aromatic heterocycles. The van der Waals surface area contributed by atoms with Crippen LogP contribution in [0.25, 0.3) is 0 Å². The van der Waals surface area contributed by atoms with Gasteiger partial charge in [-0.3, -0.25) is 14.6 Å². The molecule has 0 radical (unpaired) electrons. The maximum atomic E-state index is 12.1. The predicted octanol–water partition coefficient (Wildman–Crippen LogP) is 3.37. The van der Waals surface area contributed by atoms with E-state index in [1.54, 1.807) is 6.21 Å². The zero-order valence-corrected chi connectivity index (χ0v) is 17.3. The Morgan fingerprint density at radius 1 is 1.04 bits per heavy atom. The second kappa shape index (κ2) is 9.99. The lowest BCUT2D eigenvalue weighted by Gasteiger charge is -2.34. The number of nitrogens with zero attached hydrogens (tertiary/aromatic N) is 3. The molecule has 0 bridgehead atoms. The summed E-state index contributed by atoms with van der Waals surface area (Å²) in [5.41, 5.74) is 4.80. The number of halogens is 2. The molecule has 2 aromatic rings. The van der Waals surface area contributed by atoms with Crippen LogP contribution in [-0.4, -0.2) is 54.6 Å². The van der Waals surface area contributed by atoms with Gasteiger partial charge in [-0.05, 0) is 35.4 Å². The van der Waals surface area contributed by atoms with E-state index in [0.29, 0.717) is 6.54 Å². The first-order valence-electron chi connectivity index (χ1n) is 8.85. The van der Waals surface area contributed by atoms with Crippen molar-refractivity contribution in [3.05, 3.63) is 69.2 Å². The maximum absolute atomic E-state index is 12.1. The topological polar surface area (TPSA) is 47.9 Å². The van der Waals surface area contributed by atoms with Crippen molar-refractivity contribution in [3.63, 3.8) is 0 Å². The molecule has 0 saturated carbocycles. The molecule has 1 fully saturated rings.